The second-order valence-electron chi connectivity index (χ2n) is 5.32. The van der Waals surface area contributed by atoms with Gasteiger partial charge in [-0.2, -0.15) is 0 Å². The number of ether oxygens (including phenoxy) is 1. The van der Waals surface area contributed by atoms with E-state index < -0.39 is 18.0 Å². The molecular formula is C18H18N2O5. The third kappa shape index (κ3) is 4.81. The Bertz CT molecular complexity index is 800. The third-order valence-corrected chi connectivity index (χ3v) is 3.55. The maximum absolute atomic E-state index is 12.1. The molecule has 0 spiro atoms. The summed E-state index contributed by atoms with van der Waals surface area (Å²) in [7, 11) is 1.29. The molecule has 0 saturated heterocycles. The Kier molecular flexibility index (Phi) is 5.73. The van der Waals surface area contributed by atoms with Crippen LogP contribution >= 0.6 is 0 Å². The minimum atomic E-state index is -0.917. The summed E-state index contributed by atoms with van der Waals surface area (Å²) in [5.74, 6) is -1.39. The number of amides is 2. The molecule has 7 nitrogen and oxygen atoms in total. The predicted molar refractivity (Wildman–Crippen MR) is 92.9 cm³/mol. The van der Waals surface area contributed by atoms with E-state index in [0.29, 0.717) is 28.1 Å². The van der Waals surface area contributed by atoms with Gasteiger partial charge in [0, 0.05) is 11.4 Å². The molecule has 2 aromatic rings. The molecule has 0 saturated carbocycles. The number of carboxylic acids is 1. The van der Waals surface area contributed by atoms with Gasteiger partial charge in [-0.15, -0.1) is 0 Å². The fourth-order valence-electron chi connectivity index (χ4n) is 2.27. The SMILES string of the molecule is COC(=O)c1cccc(NC(=O)Nc2ccc(CC(=O)O)cc2)c1C. The van der Waals surface area contributed by atoms with Crippen LogP contribution in [0.2, 0.25) is 0 Å². The highest BCUT2D eigenvalue weighted by molar-refractivity contribution is 6.01. The van der Waals surface area contributed by atoms with Gasteiger partial charge in [0.05, 0.1) is 19.1 Å². The molecule has 2 aromatic carbocycles. The van der Waals surface area contributed by atoms with Gasteiger partial charge in [0.15, 0.2) is 0 Å². The first-order valence-corrected chi connectivity index (χ1v) is 7.47. The van der Waals surface area contributed by atoms with Crippen molar-refractivity contribution in [2.45, 2.75) is 13.3 Å². The van der Waals surface area contributed by atoms with E-state index >= 15 is 0 Å². The maximum atomic E-state index is 12.1. The van der Waals surface area contributed by atoms with Crippen LogP contribution in [0.25, 0.3) is 0 Å². The number of aliphatic carboxylic acids is 1. The van der Waals surface area contributed by atoms with Crippen molar-refractivity contribution in [2.75, 3.05) is 17.7 Å². The van der Waals surface area contributed by atoms with Crippen molar-refractivity contribution in [1.29, 1.82) is 0 Å². The Labute approximate surface area is 144 Å². The van der Waals surface area contributed by atoms with Crippen molar-refractivity contribution in [3.8, 4) is 0 Å². The number of carbonyl (C=O) groups excluding carboxylic acids is 2. The van der Waals surface area contributed by atoms with E-state index in [1.165, 1.54) is 7.11 Å². The lowest BCUT2D eigenvalue weighted by atomic mass is 10.1. The minimum Gasteiger partial charge on any atom is -0.481 e. The molecule has 0 heterocycles. The van der Waals surface area contributed by atoms with Gasteiger partial charge in [-0.25, -0.2) is 9.59 Å². The maximum Gasteiger partial charge on any atom is 0.338 e. The summed E-state index contributed by atoms with van der Waals surface area (Å²) >= 11 is 0. The molecule has 0 aliphatic heterocycles. The summed E-state index contributed by atoms with van der Waals surface area (Å²) in [6, 6.07) is 11.0. The van der Waals surface area contributed by atoms with E-state index in [1.54, 1.807) is 49.4 Å². The number of hydrogen-bond acceptors (Lipinski definition) is 4. The lowest BCUT2D eigenvalue weighted by Gasteiger charge is -2.12. The summed E-state index contributed by atoms with van der Waals surface area (Å²) < 4.78 is 4.70. The standard InChI is InChI=1S/C18H18N2O5/c1-11-14(17(23)25-2)4-3-5-15(11)20-18(24)19-13-8-6-12(7-9-13)10-16(21)22/h3-9H,10H2,1-2H3,(H,21,22)(H2,19,20,24). The van der Waals surface area contributed by atoms with Crippen LogP contribution in [0.1, 0.15) is 21.5 Å². The molecule has 2 amide bonds. The van der Waals surface area contributed by atoms with Gasteiger partial charge in [-0.3, -0.25) is 4.79 Å². The van der Waals surface area contributed by atoms with Gasteiger partial charge < -0.3 is 20.5 Å². The first-order valence-electron chi connectivity index (χ1n) is 7.47. The molecule has 0 aromatic heterocycles. The molecule has 0 aliphatic rings. The fourth-order valence-corrected chi connectivity index (χ4v) is 2.27. The molecular weight excluding hydrogens is 324 g/mol. The zero-order chi connectivity index (χ0) is 18.4. The highest BCUT2D eigenvalue weighted by Crippen LogP contribution is 2.20. The summed E-state index contributed by atoms with van der Waals surface area (Å²) in [5, 5.41) is 14.1. The molecule has 0 radical (unpaired) electrons. The number of anilines is 2. The Morgan fingerprint density at radius 2 is 1.72 bits per heavy atom. The van der Waals surface area contributed by atoms with Crippen molar-refractivity contribution in [2.24, 2.45) is 0 Å². The van der Waals surface area contributed by atoms with Gasteiger partial charge in [-0.05, 0) is 42.3 Å². The van der Waals surface area contributed by atoms with Crippen molar-refractivity contribution in [3.05, 3.63) is 59.2 Å². The number of methoxy groups -OCH3 is 1. The van der Waals surface area contributed by atoms with Crippen LogP contribution in [0.4, 0.5) is 16.2 Å². The number of benzene rings is 2. The smallest absolute Gasteiger partial charge is 0.338 e. The monoisotopic (exact) mass is 342 g/mol. The second kappa shape index (κ2) is 7.96. The van der Waals surface area contributed by atoms with E-state index in [0.717, 1.165) is 0 Å². The minimum absolute atomic E-state index is 0.0774. The van der Waals surface area contributed by atoms with Gasteiger partial charge in [0.1, 0.15) is 0 Å². The Hall–Kier alpha value is -3.35. The number of carboxylic acid groups (broad SMARTS) is 1. The summed E-state index contributed by atoms with van der Waals surface area (Å²) in [6.45, 7) is 1.71. The zero-order valence-electron chi connectivity index (χ0n) is 13.8. The third-order valence-electron chi connectivity index (χ3n) is 3.55. The van der Waals surface area contributed by atoms with E-state index in [2.05, 4.69) is 10.6 Å². The van der Waals surface area contributed by atoms with E-state index in [4.69, 9.17) is 9.84 Å². The average Bonchev–Trinajstić information content (AvgIpc) is 2.57. The first-order chi connectivity index (χ1) is 11.9. The fraction of sp³-hybridized carbons (Fsp3) is 0.167. The molecule has 2 rings (SSSR count). The Morgan fingerprint density at radius 3 is 2.32 bits per heavy atom. The topological polar surface area (TPSA) is 105 Å². The molecule has 0 aliphatic carbocycles. The van der Waals surface area contributed by atoms with Gasteiger partial charge in [-0.1, -0.05) is 18.2 Å². The molecule has 0 unspecified atom stereocenters. The predicted octanol–water partition coefficient (Wildman–Crippen LogP) is 3.05. The molecule has 7 heteroatoms. The number of urea groups is 1. The summed E-state index contributed by atoms with van der Waals surface area (Å²) in [6.07, 6.45) is -0.0774. The van der Waals surface area contributed by atoms with Crippen LogP contribution < -0.4 is 10.6 Å². The van der Waals surface area contributed by atoms with Crippen LogP contribution in [0, 0.1) is 6.92 Å². The largest absolute Gasteiger partial charge is 0.481 e. The van der Waals surface area contributed by atoms with E-state index in [-0.39, 0.29) is 6.42 Å². The number of rotatable bonds is 5. The van der Waals surface area contributed by atoms with Gasteiger partial charge >= 0.3 is 18.0 Å². The first kappa shape index (κ1) is 18.0. The number of esters is 1. The summed E-state index contributed by atoms with van der Waals surface area (Å²) in [4.78, 5) is 34.4. The molecule has 25 heavy (non-hydrogen) atoms. The van der Waals surface area contributed by atoms with Crippen molar-refractivity contribution < 1.29 is 24.2 Å². The molecule has 0 atom stereocenters. The highest BCUT2D eigenvalue weighted by Gasteiger charge is 2.13. The van der Waals surface area contributed by atoms with Crippen molar-refractivity contribution >= 4 is 29.3 Å². The van der Waals surface area contributed by atoms with Crippen LogP contribution in [0.3, 0.4) is 0 Å². The van der Waals surface area contributed by atoms with Gasteiger partial charge in [0.25, 0.3) is 0 Å². The number of hydrogen-bond donors (Lipinski definition) is 3. The highest BCUT2D eigenvalue weighted by atomic mass is 16.5. The molecule has 0 bridgehead atoms. The van der Waals surface area contributed by atoms with Crippen molar-refractivity contribution in [1.82, 2.24) is 0 Å². The lowest BCUT2D eigenvalue weighted by molar-refractivity contribution is -0.136. The van der Waals surface area contributed by atoms with Crippen LogP contribution in [0.5, 0.6) is 0 Å². The van der Waals surface area contributed by atoms with Crippen molar-refractivity contribution in [3.63, 3.8) is 0 Å². The van der Waals surface area contributed by atoms with E-state index in [9.17, 15) is 14.4 Å². The van der Waals surface area contributed by atoms with Crippen LogP contribution in [0.15, 0.2) is 42.5 Å². The quantitative estimate of drug-likeness (QED) is 0.724. The molecule has 130 valence electrons. The number of carbonyl (C=O) groups is 3. The number of nitrogens with one attached hydrogen (secondary N) is 2. The van der Waals surface area contributed by atoms with Crippen LogP contribution in [-0.4, -0.2) is 30.2 Å². The average molecular weight is 342 g/mol. The normalized spacial score (nSPS) is 10.0. The van der Waals surface area contributed by atoms with Crippen LogP contribution in [-0.2, 0) is 16.0 Å². The van der Waals surface area contributed by atoms with Gasteiger partial charge in [0.2, 0.25) is 0 Å². The second-order valence-corrected chi connectivity index (χ2v) is 5.32. The summed E-state index contributed by atoms with van der Waals surface area (Å²) in [5.41, 5.74) is 2.62. The zero-order valence-corrected chi connectivity index (χ0v) is 13.8. The molecule has 0 fully saturated rings. The molecule has 3 N–H and O–H groups in total. The Morgan fingerprint density at radius 1 is 1.04 bits per heavy atom. The lowest BCUT2D eigenvalue weighted by Crippen LogP contribution is -2.20. The Balaban J connectivity index is 2.05. The van der Waals surface area contributed by atoms with E-state index in [1.807, 2.05) is 0 Å².